The molecule has 1 aliphatic rings. The fraction of sp³-hybridized carbons (Fsp3) is 0.857. The van der Waals surface area contributed by atoms with E-state index in [9.17, 15) is 4.79 Å². The molecule has 0 unspecified atom stereocenters. The Morgan fingerprint density at radius 2 is 1.83 bits per heavy atom. The van der Waals surface area contributed by atoms with E-state index >= 15 is 0 Å². The number of carbonyl (C=O) groups excluding carboxylic acids is 1. The van der Waals surface area contributed by atoms with E-state index in [0.717, 1.165) is 12.8 Å². The first-order valence-electron chi connectivity index (χ1n) is 4.02. The van der Waals surface area contributed by atoms with E-state index in [1.165, 1.54) is 19.3 Å². The average molecular weight is 362 g/mol. The number of rotatable bonds is 2. The van der Waals surface area contributed by atoms with E-state index in [4.69, 9.17) is 4.74 Å². The molecule has 0 radical (unpaired) electrons. The molecule has 1 fully saturated rings. The molecule has 0 bridgehead atoms. The van der Waals surface area contributed by atoms with Crippen LogP contribution in [0.4, 0.5) is 4.79 Å². The number of ether oxygens (including phenoxy) is 1. The van der Waals surface area contributed by atoms with Gasteiger partial charge in [0.25, 0.3) is 0 Å². The van der Waals surface area contributed by atoms with Gasteiger partial charge in [0.05, 0.1) is 0 Å². The third kappa shape index (κ3) is 3.80. The molecule has 0 aliphatic heterocycles. The zero-order chi connectivity index (χ0) is 8.97. The quantitative estimate of drug-likeness (QED) is 0.705. The Hall–Kier alpha value is 0.988. The van der Waals surface area contributed by atoms with E-state index < -0.39 is 10.9 Å². The molecule has 0 atom stereocenters. The average Bonchev–Trinajstić information content (AvgIpc) is 2.06. The van der Waals surface area contributed by atoms with Crippen LogP contribution in [0.3, 0.4) is 0 Å². The second kappa shape index (κ2) is 5.66. The molecule has 2 nitrogen and oxygen atoms in total. The standard InChI is InChI=1S/C7H11AsBr2O2/c9-8(10)7(11)12-6-4-2-1-3-5-6/h6H,1-5H2. The van der Waals surface area contributed by atoms with Gasteiger partial charge < -0.3 is 0 Å². The van der Waals surface area contributed by atoms with Gasteiger partial charge in [-0.25, -0.2) is 0 Å². The summed E-state index contributed by atoms with van der Waals surface area (Å²) in [6.45, 7) is 0. The summed E-state index contributed by atoms with van der Waals surface area (Å²) in [5, 5.41) is 0. The van der Waals surface area contributed by atoms with Crippen molar-refractivity contribution in [1.82, 2.24) is 0 Å². The Morgan fingerprint density at radius 3 is 2.33 bits per heavy atom. The van der Waals surface area contributed by atoms with Crippen LogP contribution in [0.5, 0.6) is 0 Å². The van der Waals surface area contributed by atoms with Crippen LogP contribution in [0.2, 0.25) is 0 Å². The van der Waals surface area contributed by atoms with Gasteiger partial charge in [-0.15, -0.1) is 0 Å². The molecule has 0 spiro atoms. The molecule has 0 aromatic carbocycles. The van der Waals surface area contributed by atoms with Crippen molar-refractivity contribution >= 4 is 43.5 Å². The van der Waals surface area contributed by atoms with E-state index in [2.05, 4.69) is 27.9 Å². The van der Waals surface area contributed by atoms with Crippen molar-refractivity contribution in [1.29, 1.82) is 0 Å². The monoisotopic (exact) mass is 360 g/mol. The molecule has 0 N–H and O–H groups in total. The summed E-state index contributed by atoms with van der Waals surface area (Å²) >= 11 is 6.51. The van der Waals surface area contributed by atoms with Crippen molar-refractivity contribution in [2.75, 3.05) is 0 Å². The summed E-state index contributed by atoms with van der Waals surface area (Å²) in [5.41, 5.74) is 0. The second-order valence-electron chi connectivity index (χ2n) is 2.88. The van der Waals surface area contributed by atoms with Crippen LogP contribution in [0.1, 0.15) is 32.1 Å². The van der Waals surface area contributed by atoms with E-state index in [1.54, 1.807) is 0 Å². The molecule has 0 heterocycles. The maximum absolute atomic E-state index is 11.2. The minimum atomic E-state index is -1.63. The van der Waals surface area contributed by atoms with Gasteiger partial charge >= 0.3 is 91.3 Å². The first-order valence-corrected chi connectivity index (χ1v) is 13.8. The number of hydrogen-bond acceptors (Lipinski definition) is 2. The first-order chi connectivity index (χ1) is 5.70. The predicted octanol–water partition coefficient (Wildman–Crippen LogP) is 3.32. The molecule has 5 heteroatoms. The fourth-order valence-electron chi connectivity index (χ4n) is 1.37. The van der Waals surface area contributed by atoms with Crippen LogP contribution in [0, 0.1) is 0 Å². The zero-order valence-electron chi connectivity index (χ0n) is 6.63. The van der Waals surface area contributed by atoms with Gasteiger partial charge in [-0.1, -0.05) is 0 Å². The van der Waals surface area contributed by atoms with Gasteiger partial charge in [0.1, 0.15) is 0 Å². The van der Waals surface area contributed by atoms with Crippen LogP contribution in [-0.4, -0.2) is 21.8 Å². The molecule has 1 aliphatic carbocycles. The Morgan fingerprint density at radius 1 is 1.25 bits per heavy atom. The Labute approximate surface area is 90.8 Å². The summed E-state index contributed by atoms with van der Waals surface area (Å²) in [5.74, 6) is 0. The molecule has 1 rings (SSSR count). The van der Waals surface area contributed by atoms with Crippen molar-refractivity contribution in [3.63, 3.8) is 0 Å². The van der Waals surface area contributed by atoms with E-state index in [-0.39, 0.29) is 10.9 Å². The number of halogens is 2. The Kier molecular flexibility index (Phi) is 5.22. The van der Waals surface area contributed by atoms with Crippen molar-refractivity contribution in [3.8, 4) is 0 Å². The van der Waals surface area contributed by atoms with Crippen molar-refractivity contribution < 1.29 is 9.53 Å². The second-order valence-corrected chi connectivity index (χ2v) is 16.9. The van der Waals surface area contributed by atoms with Gasteiger partial charge in [0.15, 0.2) is 0 Å². The molecular weight excluding hydrogens is 351 g/mol. The van der Waals surface area contributed by atoms with E-state index in [0.29, 0.717) is 0 Å². The van der Waals surface area contributed by atoms with Gasteiger partial charge in [-0.2, -0.15) is 0 Å². The molecule has 0 saturated heterocycles. The van der Waals surface area contributed by atoms with Gasteiger partial charge in [0, 0.05) is 0 Å². The predicted molar refractivity (Wildman–Crippen MR) is 57.0 cm³/mol. The first kappa shape index (κ1) is 11.1. The van der Waals surface area contributed by atoms with Crippen LogP contribution in [0.25, 0.3) is 0 Å². The van der Waals surface area contributed by atoms with Crippen molar-refractivity contribution in [3.05, 3.63) is 0 Å². The minimum absolute atomic E-state index is 0.0607. The van der Waals surface area contributed by atoms with Crippen molar-refractivity contribution in [2.45, 2.75) is 38.2 Å². The normalized spacial score (nSPS) is 19.6. The third-order valence-electron chi connectivity index (χ3n) is 1.96. The number of carbonyl (C=O) groups is 1. The summed E-state index contributed by atoms with van der Waals surface area (Å²) in [6.07, 6.45) is 5.99. The van der Waals surface area contributed by atoms with Gasteiger partial charge in [-0.3, -0.25) is 0 Å². The Bertz CT molecular complexity index is 157. The molecule has 0 aromatic rings. The van der Waals surface area contributed by atoms with Crippen molar-refractivity contribution in [2.24, 2.45) is 0 Å². The molecule has 0 amide bonds. The van der Waals surface area contributed by atoms with Crippen LogP contribution in [0.15, 0.2) is 0 Å². The topological polar surface area (TPSA) is 26.3 Å². The fourth-order valence-corrected chi connectivity index (χ4v) is 2.71. The summed E-state index contributed by atoms with van der Waals surface area (Å²) < 4.78 is 5.22. The van der Waals surface area contributed by atoms with Crippen LogP contribution < -0.4 is 0 Å². The SMILES string of the molecule is O=C(OC1CCCCC1)[As](Br)Br. The molecule has 0 aromatic heterocycles. The third-order valence-corrected chi connectivity index (χ3v) is 5.77. The molecule has 1 saturated carbocycles. The molecule has 70 valence electrons. The summed E-state index contributed by atoms with van der Waals surface area (Å²) in [4.78, 5) is 11.2. The summed E-state index contributed by atoms with van der Waals surface area (Å²) in [6, 6.07) is 0. The van der Waals surface area contributed by atoms with Crippen LogP contribution in [-0.2, 0) is 4.74 Å². The van der Waals surface area contributed by atoms with Crippen LogP contribution >= 0.6 is 27.9 Å². The summed E-state index contributed by atoms with van der Waals surface area (Å²) in [7, 11) is -1.63. The molecular formula is C7H11AsBr2O2. The Balaban J connectivity index is 2.24. The van der Waals surface area contributed by atoms with Gasteiger partial charge in [-0.05, 0) is 0 Å². The van der Waals surface area contributed by atoms with E-state index in [1.807, 2.05) is 0 Å². The van der Waals surface area contributed by atoms with Gasteiger partial charge in [0.2, 0.25) is 0 Å². The maximum atomic E-state index is 11.2. The number of hydrogen-bond donors (Lipinski definition) is 0. The zero-order valence-corrected chi connectivity index (χ0v) is 11.7. The molecule has 12 heavy (non-hydrogen) atoms.